The molecular weight excluding hydrogens is 247 g/mol. The van der Waals surface area contributed by atoms with Crippen LogP contribution in [0.25, 0.3) is 22.6 Å². The van der Waals surface area contributed by atoms with E-state index >= 15 is 0 Å². The number of nitrogen functional groups attached to an aromatic ring is 1. The zero-order valence-corrected chi connectivity index (χ0v) is 9.75. The first-order valence-corrected chi connectivity index (χ1v) is 5.53. The Hall–Kier alpha value is -2.76. The van der Waals surface area contributed by atoms with Crippen molar-refractivity contribution in [2.24, 2.45) is 0 Å². The van der Waals surface area contributed by atoms with Crippen molar-refractivity contribution in [1.82, 2.24) is 15.1 Å². The normalized spacial score (nSPS) is 10.6. The van der Waals surface area contributed by atoms with Gasteiger partial charge in [0.1, 0.15) is 11.5 Å². The zero-order valence-electron chi connectivity index (χ0n) is 9.75. The summed E-state index contributed by atoms with van der Waals surface area (Å²) in [6.07, 6.45) is 4.42. The van der Waals surface area contributed by atoms with Crippen LogP contribution in [0.2, 0.25) is 0 Å². The topological polar surface area (TPSA) is 77.8 Å². The van der Waals surface area contributed by atoms with E-state index < -0.39 is 5.82 Å². The highest BCUT2D eigenvalue weighted by Crippen LogP contribution is 2.35. The van der Waals surface area contributed by atoms with Crippen LogP contribution < -0.4 is 5.73 Å². The van der Waals surface area contributed by atoms with E-state index in [-0.39, 0.29) is 5.82 Å². The van der Waals surface area contributed by atoms with E-state index in [4.69, 9.17) is 10.3 Å². The lowest BCUT2D eigenvalue weighted by molar-refractivity contribution is 0.434. The highest BCUT2D eigenvalue weighted by Gasteiger charge is 2.18. The number of hydrogen-bond donors (Lipinski definition) is 1. The minimum atomic E-state index is -0.417. The lowest BCUT2D eigenvalue weighted by Gasteiger charge is -2.01. The van der Waals surface area contributed by atoms with Gasteiger partial charge < -0.3 is 10.3 Å². The Balaban J connectivity index is 2.16. The van der Waals surface area contributed by atoms with Gasteiger partial charge in [0.25, 0.3) is 0 Å². The summed E-state index contributed by atoms with van der Waals surface area (Å²) in [6, 6.07) is 6.43. The first kappa shape index (κ1) is 11.3. The number of rotatable bonds is 2. The smallest absolute Gasteiger partial charge is 0.195 e. The Morgan fingerprint density at radius 2 is 2.05 bits per heavy atom. The molecule has 0 amide bonds. The summed E-state index contributed by atoms with van der Waals surface area (Å²) in [5, 5.41) is 3.73. The van der Waals surface area contributed by atoms with Crippen molar-refractivity contribution in [3.05, 3.63) is 48.7 Å². The molecule has 0 spiro atoms. The molecule has 0 bridgehead atoms. The molecule has 0 aliphatic rings. The van der Waals surface area contributed by atoms with Crippen molar-refractivity contribution >= 4 is 5.82 Å². The summed E-state index contributed by atoms with van der Waals surface area (Å²) >= 11 is 0. The molecule has 0 unspecified atom stereocenters. The Kier molecular flexibility index (Phi) is 2.68. The Bertz CT molecular complexity index is 694. The van der Waals surface area contributed by atoms with Gasteiger partial charge in [-0.1, -0.05) is 11.2 Å². The standard InChI is InChI=1S/C13H9FN4O/c14-9-3-4-10(17-7-9)12-11(13(15)18-19-12)8-2-1-5-16-6-8/h1-7H,(H2,15,18). The third-order valence-corrected chi connectivity index (χ3v) is 2.63. The van der Waals surface area contributed by atoms with E-state index in [0.717, 1.165) is 11.8 Å². The molecule has 0 atom stereocenters. The lowest BCUT2D eigenvalue weighted by Crippen LogP contribution is -1.90. The van der Waals surface area contributed by atoms with Crippen molar-refractivity contribution in [1.29, 1.82) is 0 Å². The second-order valence-electron chi connectivity index (χ2n) is 3.88. The Morgan fingerprint density at radius 3 is 2.74 bits per heavy atom. The van der Waals surface area contributed by atoms with Crippen LogP contribution in [-0.4, -0.2) is 15.1 Å². The number of anilines is 1. The van der Waals surface area contributed by atoms with Crippen molar-refractivity contribution in [2.45, 2.75) is 0 Å². The van der Waals surface area contributed by atoms with Gasteiger partial charge in [-0.15, -0.1) is 0 Å². The number of halogens is 1. The minimum absolute atomic E-state index is 0.245. The van der Waals surface area contributed by atoms with Gasteiger partial charge in [0, 0.05) is 18.0 Å². The summed E-state index contributed by atoms with van der Waals surface area (Å²) in [7, 11) is 0. The molecule has 5 nitrogen and oxygen atoms in total. The fourth-order valence-corrected chi connectivity index (χ4v) is 1.78. The predicted molar refractivity (Wildman–Crippen MR) is 67.3 cm³/mol. The molecule has 6 heteroatoms. The second kappa shape index (κ2) is 4.49. The molecule has 94 valence electrons. The summed E-state index contributed by atoms with van der Waals surface area (Å²) in [4.78, 5) is 7.99. The van der Waals surface area contributed by atoms with Crippen LogP contribution in [0.4, 0.5) is 10.2 Å². The van der Waals surface area contributed by atoms with Gasteiger partial charge in [-0.3, -0.25) is 4.98 Å². The molecule has 0 aromatic carbocycles. The first-order valence-electron chi connectivity index (χ1n) is 5.53. The number of aromatic nitrogens is 3. The van der Waals surface area contributed by atoms with E-state index in [0.29, 0.717) is 17.0 Å². The Morgan fingerprint density at radius 1 is 1.16 bits per heavy atom. The molecule has 3 heterocycles. The van der Waals surface area contributed by atoms with E-state index in [9.17, 15) is 4.39 Å². The molecule has 3 aromatic rings. The molecule has 0 saturated carbocycles. The number of nitrogens with zero attached hydrogens (tertiary/aromatic N) is 3. The van der Waals surface area contributed by atoms with Gasteiger partial charge in [0.15, 0.2) is 11.6 Å². The Labute approximate surface area is 107 Å². The number of nitrogens with two attached hydrogens (primary N) is 1. The molecule has 2 N–H and O–H groups in total. The maximum Gasteiger partial charge on any atom is 0.195 e. The summed E-state index contributed by atoms with van der Waals surface area (Å²) in [5.41, 5.74) is 7.64. The third kappa shape index (κ3) is 2.03. The van der Waals surface area contributed by atoms with Crippen LogP contribution in [0.1, 0.15) is 0 Å². The van der Waals surface area contributed by atoms with Gasteiger partial charge in [-0.05, 0) is 18.2 Å². The molecule has 0 aliphatic heterocycles. The van der Waals surface area contributed by atoms with E-state index in [1.54, 1.807) is 18.5 Å². The number of hydrogen-bond acceptors (Lipinski definition) is 5. The molecule has 3 rings (SSSR count). The van der Waals surface area contributed by atoms with Crippen LogP contribution >= 0.6 is 0 Å². The average molecular weight is 256 g/mol. The summed E-state index contributed by atoms with van der Waals surface area (Å²) in [6.45, 7) is 0. The average Bonchev–Trinajstić information content (AvgIpc) is 2.82. The molecule has 3 aromatic heterocycles. The molecule has 0 aliphatic carbocycles. The van der Waals surface area contributed by atoms with Crippen LogP contribution in [0, 0.1) is 5.82 Å². The van der Waals surface area contributed by atoms with Crippen LogP contribution in [0.5, 0.6) is 0 Å². The fraction of sp³-hybridized carbons (Fsp3) is 0. The van der Waals surface area contributed by atoms with Crippen molar-refractivity contribution in [2.75, 3.05) is 5.73 Å². The second-order valence-corrected chi connectivity index (χ2v) is 3.88. The number of pyridine rings is 2. The van der Waals surface area contributed by atoms with Crippen molar-refractivity contribution in [3.63, 3.8) is 0 Å². The zero-order chi connectivity index (χ0) is 13.2. The predicted octanol–water partition coefficient (Wildman–Crippen LogP) is 2.52. The van der Waals surface area contributed by atoms with E-state index in [2.05, 4.69) is 15.1 Å². The molecule has 0 radical (unpaired) electrons. The largest absolute Gasteiger partial charge is 0.380 e. The van der Waals surface area contributed by atoms with Gasteiger partial charge in [-0.25, -0.2) is 9.37 Å². The van der Waals surface area contributed by atoms with Gasteiger partial charge in [0.2, 0.25) is 0 Å². The monoisotopic (exact) mass is 256 g/mol. The van der Waals surface area contributed by atoms with Crippen molar-refractivity contribution in [3.8, 4) is 22.6 Å². The lowest BCUT2D eigenvalue weighted by atomic mass is 10.1. The highest BCUT2D eigenvalue weighted by molar-refractivity contribution is 5.84. The van der Waals surface area contributed by atoms with Crippen LogP contribution in [0.3, 0.4) is 0 Å². The molecular formula is C13H9FN4O. The van der Waals surface area contributed by atoms with Crippen molar-refractivity contribution < 1.29 is 8.91 Å². The summed E-state index contributed by atoms with van der Waals surface area (Å²) in [5.74, 6) is 0.221. The first-order chi connectivity index (χ1) is 9.25. The molecule has 0 saturated heterocycles. The fourth-order valence-electron chi connectivity index (χ4n) is 1.78. The van der Waals surface area contributed by atoms with Gasteiger partial charge in [0.05, 0.1) is 11.8 Å². The third-order valence-electron chi connectivity index (χ3n) is 2.63. The maximum absolute atomic E-state index is 12.9. The molecule has 19 heavy (non-hydrogen) atoms. The quantitative estimate of drug-likeness (QED) is 0.762. The highest BCUT2D eigenvalue weighted by atomic mass is 19.1. The summed E-state index contributed by atoms with van der Waals surface area (Å²) < 4.78 is 18.1. The van der Waals surface area contributed by atoms with E-state index in [1.165, 1.54) is 12.1 Å². The van der Waals surface area contributed by atoms with Crippen LogP contribution in [0.15, 0.2) is 47.4 Å². The SMILES string of the molecule is Nc1noc(-c2ccc(F)cn2)c1-c1cccnc1. The minimum Gasteiger partial charge on any atom is -0.380 e. The maximum atomic E-state index is 12.9. The van der Waals surface area contributed by atoms with Gasteiger partial charge >= 0.3 is 0 Å². The van der Waals surface area contributed by atoms with E-state index in [1.807, 2.05) is 6.07 Å². The molecule has 0 fully saturated rings. The van der Waals surface area contributed by atoms with Gasteiger partial charge in [-0.2, -0.15) is 0 Å². The van der Waals surface area contributed by atoms with Crippen LogP contribution in [-0.2, 0) is 0 Å².